The zero-order valence-corrected chi connectivity index (χ0v) is 15.7. The molecule has 0 spiro atoms. The van der Waals surface area contributed by atoms with Crippen LogP contribution in [0.25, 0.3) is 0 Å². The van der Waals surface area contributed by atoms with Crippen molar-refractivity contribution in [2.75, 3.05) is 29.6 Å². The molecule has 28 heavy (non-hydrogen) atoms. The normalized spacial score (nSPS) is 12.8. The summed E-state index contributed by atoms with van der Waals surface area (Å²) in [5.41, 5.74) is 8.87. The molecule has 0 bridgehead atoms. The van der Waals surface area contributed by atoms with E-state index in [2.05, 4.69) is 17.5 Å². The number of carbonyl (C=O) groups is 2. The molecule has 3 rings (SSSR count). The van der Waals surface area contributed by atoms with Crippen LogP contribution in [0.2, 0.25) is 0 Å². The fourth-order valence-corrected chi connectivity index (χ4v) is 3.04. The summed E-state index contributed by atoms with van der Waals surface area (Å²) < 4.78 is 4.72. The number of nitrogens with zero attached hydrogens (tertiary/aromatic N) is 1. The smallest absolute Gasteiger partial charge is 0.337 e. The average molecular weight is 377 g/mol. The predicted octanol–water partition coefficient (Wildman–Crippen LogP) is 3.73. The first-order valence-electron chi connectivity index (χ1n) is 9.05. The lowest BCUT2D eigenvalue weighted by Gasteiger charge is -2.26. The Balaban J connectivity index is 1.79. The number of hydrogen-bond donors (Lipinski definition) is 2. The van der Waals surface area contributed by atoms with Crippen LogP contribution in [0.15, 0.2) is 72.5 Å². The lowest BCUT2D eigenvalue weighted by molar-refractivity contribution is -0.114. The number of amides is 1. The van der Waals surface area contributed by atoms with E-state index in [0.717, 1.165) is 24.2 Å². The fourth-order valence-electron chi connectivity index (χ4n) is 3.04. The Kier molecular flexibility index (Phi) is 6.11. The molecular weight excluding hydrogens is 354 g/mol. The molecule has 0 atom stereocenters. The van der Waals surface area contributed by atoms with Crippen molar-refractivity contribution in [3.8, 4) is 0 Å². The van der Waals surface area contributed by atoms with Crippen LogP contribution in [-0.4, -0.2) is 25.5 Å². The van der Waals surface area contributed by atoms with Crippen molar-refractivity contribution in [1.29, 1.82) is 0 Å². The minimum atomic E-state index is -0.508. The van der Waals surface area contributed by atoms with Crippen molar-refractivity contribution in [2.24, 2.45) is 0 Å². The molecule has 3 N–H and O–H groups in total. The molecule has 0 fully saturated rings. The van der Waals surface area contributed by atoms with Gasteiger partial charge in [-0.25, -0.2) is 4.79 Å². The van der Waals surface area contributed by atoms with E-state index in [4.69, 9.17) is 10.5 Å². The summed E-state index contributed by atoms with van der Waals surface area (Å²) in [4.78, 5) is 26.5. The quantitative estimate of drug-likeness (QED) is 0.592. The number of para-hydroxylation sites is 1. The Bertz CT molecular complexity index is 920. The average Bonchev–Trinajstić information content (AvgIpc) is 2.72. The first kappa shape index (κ1) is 19.2. The molecule has 2 aromatic carbocycles. The summed E-state index contributed by atoms with van der Waals surface area (Å²) in [5, 5.41) is 2.82. The minimum absolute atomic E-state index is 0.128. The number of nitrogen functional groups attached to an aromatic ring is 1. The summed E-state index contributed by atoms with van der Waals surface area (Å²) in [5.74, 6) is -0.726. The lowest BCUT2D eigenvalue weighted by Crippen LogP contribution is -2.32. The van der Waals surface area contributed by atoms with Crippen LogP contribution in [-0.2, 0) is 9.53 Å². The van der Waals surface area contributed by atoms with Gasteiger partial charge in [-0.1, -0.05) is 30.4 Å². The Hall–Kier alpha value is -3.54. The molecule has 0 unspecified atom stereocenters. The lowest BCUT2D eigenvalue weighted by atomic mass is 10.1. The van der Waals surface area contributed by atoms with Crippen LogP contribution in [0.3, 0.4) is 0 Å². The number of rotatable bonds is 6. The second kappa shape index (κ2) is 8.90. The fraction of sp³-hybridized carbons (Fsp3) is 0.182. The van der Waals surface area contributed by atoms with Gasteiger partial charge < -0.3 is 20.7 Å². The third-order valence-corrected chi connectivity index (χ3v) is 4.32. The number of hydrogen-bond acceptors (Lipinski definition) is 5. The van der Waals surface area contributed by atoms with Crippen molar-refractivity contribution in [3.05, 3.63) is 78.0 Å². The first-order valence-corrected chi connectivity index (χ1v) is 9.05. The van der Waals surface area contributed by atoms with Gasteiger partial charge in [0.2, 0.25) is 5.91 Å². The highest BCUT2D eigenvalue weighted by Crippen LogP contribution is 2.23. The zero-order chi connectivity index (χ0) is 19.9. The molecule has 144 valence electrons. The third-order valence-electron chi connectivity index (χ3n) is 4.32. The number of anilines is 3. The molecule has 0 saturated carbocycles. The van der Waals surface area contributed by atoms with Gasteiger partial charge in [0.15, 0.2) is 0 Å². The highest BCUT2D eigenvalue weighted by molar-refractivity contribution is 5.97. The van der Waals surface area contributed by atoms with E-state index in [1.807, 2.05) is 41.3 Å². The number of allylic oxidation sites excluding steroid dienone is 3. The molecule has 1 amide bonds. The molecule has 1 aliphatic carbocycles. The van der Waals surface area contributed by atoms with Gasteiger partial charge in [0.05, 0.1) is 12.7 Å². The van der Waals surface area contributed by atoms with Gasteiger partial charge in [0.25, 0.3) is 0 Å². The van der Waals surface area contributed by atoms with Crippen LogP contribution in [0.4, 0.5) is 17.1 Å². The summed E-state index contributed by atoms with van der Waals surface area (Å²) in [6.45, 7) is 0.128. The number of benzene rings is 2. The molecule has 2 aromatic rings. The number of carbonyl (C=O) groups excluding carboxylic acids is 2. The molecule has 0 heterocycles. The van der Waals surface area contributed by atoms with E-state index >= 15 is 0 Å². The maximum atomic E-state index is 12.7. The molecule has 6 heteroatoms. The molecule has 0 aliphatic heterocycles. The highest BCUT2D eigenvalue weighted by atomic mass is 16.5. The Morgan fingerprint density at radius 2 is 1.93 bits per heavy atom. The van der Waals surface area contributed by atoms with Gasteiger partial charge in [-0.05, 0) is 49.2 Å². The second-order valence-corrected chi connectivity index (χ2v) is 6.41. The predicted molar refractivity (Wildman–Crippen MR) is 111 cm³/mol. The maximum absolute atomic E-state index is 12.7. The van der Waals surface area contributed by atoms with Gasteiger partial charge in [-0.2, -0.15) is 0 Å². The van der Waals surface area contributed by atoms with E-state index in [0.29, 0.717) is 11.4 Å². The van der Waals surface area contributed by atoms with Gasteiger partial charge in [-0.3, -0.25) is 4.79 Å². The van der Waals surface area contributed by atoms with E-state index in [1.54, 1.807) is 12.1 Å². The Labute approximate surface area is 164 Å². The van der Waals surface area contributed by atoms with Crippen LogP contribution in [0.1, 0.15) is 23.2 Å². The highest BCUT2D eigenvalue weighted by Gasteiger charge is 2.16. The SMILES string of the molecule is COC(=O)c1cc(N)cc(NC(=O)CN(C2=CCCC=C2)c2ccccc2)c1. The Morgan fingerprint density at radius 1 is 1.14 bits per heavy atom. The topological polar surface area (TPSA) is 84.7 Å². The molecular formula is C22H23N3O3. The maximum Gasteiger partial charge on any atom is 0.337 e. The van der Waals surface area contributed by atoms with Gasteiger partial charge >= 0.3 is 5.97 Å². The molecule has 0 saturated heterocycles. The van der Waals surface area contributed by atoms with Crippen molar-refractivity contribution < 1.29 is 14.3 Å². The van der Waals surface area contributed by atoms with Crippen LogP contribution < -0.4 is 16.0 Å². The Morgan fingerprint density at radius 3 is 2.61 bits per heavy atom. The molecule has 0 radical (unpaired) electrons. The summed E-state index contributed by atoms with van der Waals surface area (Å²) in [7, 11) is 1.30. The van der Waals surface area contributed by atoms with E-state index in [1.165, 1.54) is 13.2 Å². The van der Waals surface area contributed by atoms with Gasteiger partial charge in [-0.15, -0.1) is 0 Å². The van der Waals surface area contributed by atoms with Gasteiger partial charge in [0.1, 0.15) is 6.54 Å². The number of methoxy groups -OCH3 is 1. The summed E-state index contributed by atoms with van der Waals surface area (Å²) >= 11 is 0. The number of esters is 1. The largest absolute Gasteiger partial charge is 0.465 e. The van der Waals surface area contributed by atoms with E-state index in [-0.39, 0.29) is 18.0 Å². The van der Waals surface area contributed by atoms with Crippen molar-refractivity contribution in [3.63, 3.8) is 0 Å². The standard InChI is InChI=1S/C22H23N3O3/c1-28-22(27)16-12-17(23)14-18(13-16)24-21(26)15-25(19-8-4-2-5-9-19)20-10-6-3-7-11-20/h2,4-6,8-14H,3,7,15,23H2,1H3,(H,24,26). The number of ether oxygens (including phenoxy) is 1. The molecule has 6 nitrogen and oxygen atoms in total. The zero-order valence-electron chi connectivity index (χ0n) is 15.7. The second-order valence-electron chi connectivity index (χ2n) is 6.41. The van der Waals surface area contributed by atoms with Crippen molar-refractivity contribution >= 4 is 28.9 Å². The summed E-state index contributed by atoms with van der Waals surface area (Å²) in [6.07, 6.45) is 8.19. The summed E-state index contributed by atoms with van der Waals surface area (Å²) in [6, 6.07) is 14.4. The number of nitrogens with two attached hydrogens (primary N) is 1. The first-order chi connectivity index (χ1) is 13.6. The monoisotopic (exact) mass is 377 g/mol. The van der Waals surface area contributed by atoms with Crippen molar-refractivity contribution in [2.45, 2.75) is 12.8 Å². The number of nitrogens with one attached hydrogen (secondary N) is 1. The molecule has 1 aliphatic rings. The van der Waals surface area contributed by atoms with Crippen molar-refractivity contribution in [1.82, 2.24) is 0 Å². The minimum Gasteiger partial charge on any atom is -0.465 e. The third kappa shape index (κ3) is 4.79. The van der Waals surface area contributed by atoms with Gasteiger partial charge in [0, 0.05) is 22.8 Å². The van der Waals surface area contributed by atoms with E-state index < -0.39 is 5.97 Å². The molecule has 0 aromatic heterocycles. The van der Waals surface area contributed by atoms with Crippen LogP contribution in [0, 0.1) is 0 Å². The van der Waals surface area contributed by atoms with E-state index in [9.17, 15) is 9.59 Å². The van der Waals surface area contributed by atoms with Crippen LogP contribution in [0.5, 0.6) is 0 Å². The van der Waals surface area contributed by atoms with Crippen LogP contribution >= 0.6 is 0 Å².